The third-order valence-corrected chi connectivity index (χ3v) is 11.8. The fourth-order valence-electron chi connectivity index (χ4n) is 8.16. The monoisotopic (exact) mass is 810 g/mol. The molecule has 0 saturated heterocycles. The Kier molecular flexibility index (Phi) is 42.9. The van der Waals surface area contributed by atoms with Gasteiger partial charge in [0.25, 0.3) is 0 Å². The highest BCUT2D eigenvalue weighted by atomic mass is 16.7. The second-order valence-electron chi connectivity index (χ2n) is 18.3. The molecule has 1 N–H and O–H groups in total. The molecule has 2 atom stereocenters. The van der Waals surface area contributed by atoms with E-state index < -0.39 is 11.7 Å². The first-order valence-electron chi connectivity index (χ1n) is 25.6. The van der Waals surface area contributed by atoms with Gasteiger partial charge in [0.15, 0.2) is 6.29 Å². The Labute approximate surface area is 357 Å². The molecule has 0 saturated carbocycles. The van der Waals surface area contributed by atoms with E-state index in [9.17, 15) is 9.90 Å². The maximum Gasteiger partial charge on any atom is 0.222 e. The van der Waals surface area contributed by atoms with Crippen molar-refractivity contribution >= 4 is 5.91 Å². The summed E-state index contributed by atoms with van der Waals surface area (Å²) in [5, 5.41) is 10.4. The van der Waals surface area contributed by atoms with E-state index in [1.54, 1.807) is 0 Å². The van der Waals surface area contributed by atoms with Crippen LogP contribution in [-0.2, 0) is 19.0 Å². The SMILES string of the molecule is CCCCCCCCCCCCCCCCCCN(CCCCCCCCCCCCCCCCCC)C(=O)CCCCOC(C)(C)CC(O)COC(C)OCC. The van der Waals surface area contributed by atoms with Crippen LogP contribution < -0.4 is 0 Å². The van der Waals surface area contributed by atoms with Gasteiger partial charge in [-0.3, -0.25) is 4.79 Å². The Bertz CT molecular complexity index is 770. The maximum absolute atomic E-state index is 13.4. The van der Waals surface area contributed by atoms with Gasteiger partial charge in [-0.25, -0.2) is 0 Å². The van der Waals surface area contributed by atoms with Crippen molar-refractivity contribution in [1.29, 1.82) is 0 Å². The Morgan fingerprint density at radius 2 is 0.860 bits per heavy atom. The second kappa shape index (κ2) is 43.4. The molecular weight excluding hydrogens is 707 g/mol. The molecular formula is C51H103NO5. The van der Waals surface area contributed by atoms with Crippen LogP contribution in [0.4, 0.5) is 0 Å². The number of ether oxygens (including phenoxy) is 3. The highest BCUT2D eigenvalue weighted by molar-refractivity contribution is 5.76. The number of unbranched alkanes of at least 4 members (excludes halogenated alkanes) is 31. The van der Waals surface area contributed by atoms with E-state index in [1.807, 2.05) is 27.7 Å². The lowest BCUT2D eigenvalue weighted by Gasteiger charge is -2.28. The predicted molar refractivity (Wildman–Crippen MR) is 247 cm³/mol. The summed E-state index contributed by atoms with van der Waals surface area (Å²) in [4.78, 5) is 15.6. The van der Waals surface area contributed by atoms with E-state index in [0.717, 1.165) is 38.8 Å². The zero-order chi connectivity index (χ0) is 41.9. The number of carbonyl (C=O) groups excluding carboxylic acids is 1. The number of hydrogen-bond donors (Lipinski definition) is 1. The molecule has 0 spiro atoms. The van der Waals surface area contributed by atoms with Crippen molar-refractivity contribution in [2.45, 2.75) is 291 Å². The largest absolute Gasteiger partial charge is 0.391 e. The van der Waals surface area contributed by atoms with Crippen LogP contribution in [0.5, 0.6) is 0 Å². The Hall–Kier alpha value is -0.690. The summed E-state index contributed by atoms with van der Waals surface area (Å²) in [5.74, 6) is 0.326. The van der Waals surface area contributed by atoms with Crippen molar-refractivity contribution in [1.82, 2.24) is 4.90 Å². The minimum absolute atomic E-state index is 0.233. The van der Waals surface area contributed by atoms with Gasteiger partial charge in [0.05, 0.1) is 18.3 Å². The summed E-state index contributed by atoms with van der Waals surface area (Å²) in [6.07, 6.45) is 45.8. The fraction of sp³-hybridized carbons (Fsp3) is 0.980. The molecule has 0 aliphatic heterocycles. The smallest absolute Gasteiger partial charge is 0.222 e. The van der Waals surface area contributed by atoms with Crippen LogP contribution in [0.3, 0.4) is 0 Å². The van der Waals surface area contributed by atoms with Gasteiger partial charge >= 0.3 is 0 Å². The first-order chi connectivity index (χ1) is 27.8. The molecule has 0 rings (SSSR count). The molecule has 1 amide bonds. The molecule has 0 aromatic rings. The molecule has 57 heavy (non-hydrogen) atoms. The molecule has 0 bridgehead atoms. The zero-order valence-corrected chi connectivity index (χ0v) is 39.7. The van der Waals surface area contributed by atoms with Crippen LogP contribution in [0, 0.1) is 0 Å². The lowest BCUT2D eigenvalue weighted by atomic mass is 10.0. The van der Waals surface area contributed by atoms with Gasteiger partial charge in [0, 0.05) is 39.1 Å². The molecule has 2 unspecified atom stereocenters. The standard InChI is InChI=1S/C51H103NO5/c1-7-10-12-14-16-18-20-22-24-26-28-30-32-34-36-39-43-52(44-40-37-35-33-31-29-27-25-23-21-19-17-15-13-11-8-2)50(54)42-38-41-45-57-51(5,6)46-49(53)47-56-48(4)55-9-3/h48-49,53H,7-47H2,1-6H3. The third-order valence-electron chi connectivity index (χ3n) is 11.8. The van der Waals surface area contributed by atoms with E-state index in [-0.39, 0.29) is 12.9 Å². The number of amides is 1. The van der Waals surface area contributed by atoms with E-state index >= 15 is 0 Å². The van der Waals surface area contributed by atoms with Gasteiger partial charge in [-0.15, -0.1) is 0 Å². The molecule has 6 nitrogen and oxygen atoms in total. The summed E-state index contributed by atoms with van der Waals surface area (Å²) >= 11 is 0. The minimum Gasteiger partial charge on any atom is -0.391 e. The molecule has 0 heterocycles. The van der Waals surface area contributed by atoms with E-state index in [4.69, 9.17) is 14.2 Å². The number of hydrogen-bond acceptors (Lipinski definition) is 5. The van der Waals surface area contributed by atoms with Gasteiger partial charge in [-0.1, -0.05) is 206 Å². The summed E-state index contributed by atoms with van der Waals surface area (Å²) < 4.78 is 17.1. The quantitative estimate of drug-likeness (QED) is 0.0490. The zero-order valence-electron chi connectivity index (χ0n) is 39.7. The van der Waals surface area contributed by atoms with E-state index in [2.05, 4.69) is 18.7 Å². The highest BCUT2D eigenvalue weighted by Crippen LogP contribution is 2.20. The molecule has 0 aliphatic carbocycles. The highest BCUT2D eigenvalue weighted by Gasteiger charge is 2.23. The van der Waals surface area contributed by atoms with Crippen LogP contribution in [0.1, 0.15) is 273 Å². The fourth-order valence-corrected chi connectivity index (χ4v) is 8.16. The average Bonchev–Trinajstić information content (AvgIpc) is 3.18. The number of nitrogens with zero attached hydrogens (tertiary/aromatic N) is 1. The molecule has 0 fully saturated rings. The van der Waals surface area contributed by atoms with Crippen LogP contribution in [0.15, 0.2) is 0 Å². The van der Waals surface area contributed by atoms with Crippen molar-refractivity contribution in [3.05, 3.63) is 0 Å². The van der Waals surface area contributed by atoms with Crippen molar-refractivity contribution < 1.29 is 24.1 Å². The van der Waals surface area contributed by atoms with Crippen molar-refractivity contribution in [3.8, 4) is 0 Å². The molecule has 0 radical (unpaired) electrons. The first kappa shape index (κ1) is 56.3. The Morgan fingerprint density at radius 1 is 0.509 bits per heavy atom. The summed E-state index contributed by atoms with van der Waals surface area (Å²) in [5.41, 5.74) is -0.450. The lowest BCUT2D eigenvalue weighted by Crippen LogP contribution is -2.34. The molecule has 342 valence electrons. The molecule has 0 aromatic heterocycles. The molecule has 0 aromatic carbocycles. The van der Waals surface area contributed by atoms with Gasteiger partial charge < -0.3 is 24.2 Å². The summed E-state index contributed by atoms with van der Waals surface area (Å²) in [7, 11) is 0. The topological polar surface area (TPSA) is 68.2 Å². The molecule has 6 heteroatoms. The molecule has 0 aliphatic rings. The van der Waals surface area contributed by atoms with Gasteiger partial charge in [0.1, 0.15) is 0 Å². The van der Waals surface area contributed by atoms with Gasteiger partial charge in [-0.05, 0) is 53.4 Å². The van der Waals surface area contributed by atoms with Crippen molar-refractivity contribution in [3.63, 3.8) is 0 Å². The average molecular weight is 810 g/mol. The van der Waals surface area contributed by atoms with Crippen molar-refractivity contribution in [2.75, 3.05) is 32.9 Å². The van der Waals surface area contributed by atoms with E-state index in [0.29, 0.717) is 32.0 Å². The Balaban J connectivity index is 4.33. The van der Waals surface area contributed by atoms with Crippen LogP contribution >= 0.6 is 0 Å². The summed E-state index contributed by atoms with van der Waals surface area (Å²) in [6, 6.07) is 0. The van der Waals surface area contributed by atoms with Gasteiger partial charge in [0.2, 0.25) is 5.91 Å². The Morgan fingerprint density at radius 3 is 1.21 bits per heavy atom. The van der Waals surface area contributed by atoms with Crippen LogP contribution in [0.2, 0.25) is 0 Å². The number of rotatable bonds is 47. The minimum atomic E-state index is -0.605. The predicted octanol–water partition coefficient (Wildman–Crippen LogP) is 15.5. The normalized spacial score (nSPS) is 13.0. The lowest BCUT2D eigenvalue weighted by molar-refractivity contribution is -0.151. The van der Waals surface area contributed by atoms with Crippen LogP contribution in [-0.4, -0.2) is 66.8 Å². The second-order valence-corrected chi connectivity index (χ2v) is 18.3. The maximum atomic E-state index is 13.4. The van der Waals surface area contributed by atoms with E-state index in [1.165, 1.54) is 193 Å². The summed E-state index contributed by atoms with van der Waals surface area (Å²) in [6.45, 7) is 15.7. The first-order valence-corrected chi connectivity index (χ1v) is 25.6. The number of aliphatic hydroxyl groups is 1. The van der Waals surface area contributed by atoms with Crippen LogP contribution in [0.25, 0.3) is 0 Å². The number of aliphatic hydroxyl groups excluding tert-OH is 1. The van der Waals surface area contributed by atoms with Gasteiger partial charge in [-0.2, -0.15) is 0 Å². The number of carbonyl (C=O) groups is 1. The van der Waals surface area contributed by atoms with Crippen molar-refractivity contribution in [2.24, 2.45) is 0 Å². The third kappa shape index (κ3) is 41.8.